The van der Waals surface area contributed by atoms with Gasteiger partial charge in [0.25, 0.3) is 0 Å². The first-order chi connectivity index (χ1) is 10.8. The zero-order chi connectivity index (χ0) is 17.0. The van der Waals surface area contributed by atoms with E-state index in [4.69, 9.17) is 5.11 Å². The molecule has 0 heterocycles. The third-order valence-corrected chi connectivity index (χ3v) is 3.59. The number of aliphatic hydroxyl groups is 2. The van der Waals surface area contributed by atoms with E-state index in [1.807, 2.05) is 0 Å². The van der Waals surface area contributed by atoms with Crippen LogP contribution < -0.4 is 5.32 Å². The quantitative estimate of drug-likeness (QED) is 0.626. The summed E-state index contributed by atoms with van der Waals surface area (Å²) in [6.45, 7) is 0. The van der Waals surface area contributed by atoms with Crippen LogP contribution in [0.15, 0.2) is 42.0 Å². The average Bonchev–Trinajstić information content (AvgIpc) is 2.50. The Hall–Kier alpha value is -2.51. The van der Waals surface area contributed by atoms with E-state index >= 15 is 0 Å². The van der Waals surface area contributed by atoms with Gasteiger partial charge in [-0.1, -0.05) is 18.2 Å². The van der Waals surface area contributed by atoms with E-state index in [0.717, 1.165) is 6.08 Å². The molecule has 0 saturated carbocycles. The average molecular weight is 319 g/mol. The zero-order valence-electron chi connectivity index (χ0n) is 12.2. The van der Waals surface area contributed by atoms with Crippen LogP contribution in [0, 0.1) is 0 Å². The van der Waals surface area contributed by atoms with Gasteiger partial charge in [0.1, 0.15) is 6.10 Å². The first kappa shape index (κ1) is 16.9. The van der Waals surface area contributed by atoms with E-state index < -0.39 is 29.9 Å². The standard InChI is InChI=1S/C16H17NO6/c18-12-9-16(23,15(21)22)8-10(14(12)20)6-7-13(19)17-11-4-2-1-3-5-11/h1-5,8,12,18,23H,6-7,9H2,(H,17,19)(H,21,22)/t12-,16+/m1/s1. The summed E-state index contributed by atoms with van der Waals surface area (Å²) in [5.41, 5.74) is -1.75. The van der Waals surface area contributed by atoms with Gasteiger partial charge in [-0.3, -0.25) is 9.59 Å². The van der Waals surface area contributed by atoms with Gasteiger partial charge < -0.3 is 20.6 Å². The highest BCUT2D eigenvalue weighted by atomic mass is 16.4. The summed E-state index contributed by atoms with van der Waals surface area (Å²) in [5.74, 6) is -2.57. The van der Waals surface area contributed by atoms with E-state index in [0.29, 0.717) is 5.69 Å². The second-order valence-corrected chi connectivity index (χ2v) is 5.40. The second-order valence-electron chi connectivity index (χ2n) is 5.40. The molecule has 0 aromatic heterocycles. The van der Waals surface area contributed by atoms with Crippen LogP contribution in [-0.2, 0) is 14.4 Å². The Morgan fingerprint density at radius 3 is 2.52 bits per heavy atom. The molecule has 2 rings (SSSR count). The van der Waals surface area contributed by atoms with E-state index in [9.17, 15) is 24.6 Å². The Morgan fingerprint density at radius 1 is 1.26 bits per heavy atom. The largest absolute Gasteiger partial charge is 0.479 e. The number of aliphatic hydroxyl groups excluding tert-OH is 1. The fourth-order valence-corrected chi connectivity index (χ4v) is 2.36. The highest BCUT2D eigenvalue weighted by Crippen LogP contribution is 2.27. The maximum Gasteiger partial charge on any atom is 0.339 e. The smallest absolute Gasteiger partial charge is 0.339 e. The van der Waals surface area contributed by atoms with Crippen LogP contribution in [0.1, 0.15) is 19.3 Å². The number of amides is 1. The molecule has 0 bridgehead atoms. The van der Waals surface area contributed by atoms with Crippen LogP contribution in [0.5, 0.6) is 0 Å². The molecule has 2 atom stereocenters. The number of carbonyl (C=O) groups is 3. The van der Waals surface area contributed by atoms with Crippen molar-refractivity contribution in [3.63, 3.8) is 0 Å². The number of Topliss-reactive ketones (excluding diaryl/α,β-unsaturated/α-hetero) is 1. The molecule has 1 aromatic carbocycles. The van der Waals surface area contributed by atoms with Gasteiger partial charge in [-0.05, 0) is 30.2 Å². The molecule has 122 valence electrons. The summed E-state index contributed by atoms with van der Waals surface area (Å²) >= 11 is 0. The van der Waals surface area contributed by atoms with Gasteiger partial charge in [0.15, 0.2) is 11.4 Å². The predicted molar refractivity (Wildman–Crippen MR) is 80.6 cm³/mol. The van der Waals surface area contributed by atoms with Crippen molar-refractivity contribution in [3.8, 4) is 0 Å². The number of ketones is 1. The van der Waals surface area contributed by atoms with Gasteiger partial charge >= 0.3 is 5.97 Å². The number of carboxylic acids is 1. The van der Waals surface area contributed by atoms with Crippen molar-refractivity contribution in [1.29, 1.82) is 0 Å². The predicted octanol–water partition coefficient (Wildman–Crippen LogP) is 0.481. The van der Waals surface area contributed by atoms with Crippen LogP contribution in [0.4, 0.5) is 5.69 Å². The summed E-state index contributed by atoms with van der Waals surface area (Å²) in [6.07, 6.45) is -1.41. The zero-order valence-corrected chi connectivity index (χ0v) is 12.2. The van der Waals surface area contributed by atoms with Gasteiger partial charge in [0.05, 0.1) is 0 Å². The summed E-state index contributed by atoms with van der Waals surface area (Å²) in [5, 5.41) is 31.2. The maximum atomic E-state index is 11.9. The third kappa shape index (κ3) is 4.02. The van der Waals surface area contributed by atoms with Crippen LogP contribution in [0.25, 0.3) is 0 Å². The summed E-state index contributed by atoms with van der Waals surface area (Å²) < 4.78 is 0. The number of anilines is 1. The summed E-state index contributed by atoms with van der Waals surface area (Å²) in [6, 6.07) is 8.72. The molecule has 0 aliphatic heterocycles. The van der Waals surface area contributed by atoms with Gasteiger partial charge in [-0.2, -0.15) is 0 Å². The molecule has 0 radical (unpaired) electrons. The Kier molecular flexibility index (Phi) is 4.92. The molecule has 1 amide bonds. The number of hydrogen-bond acceptors (Lipinski definition) is 5. The lowest BCUT2D eigenvalue weighted by Crippen LogP contribution is -2.46. The highest BCUT2D eigenvalue weighted by molar-refractivity contribution is 6.03. The number of carboxylic acid groups (broad SMARTS) is 1. The van der Waals surface area contributed by atoms with E-state index in [1.54, 1.807) is 30.3 Å². The molecule has 0 spiro atoms. The fourth-order valence-electron chi connectivity index (χ4n) is 2.36. The van der Waals surface area contributed by atoms with Gasteiger partial charge in [-0.15, -0.1) is 0 Å². The van der Waals surface area contributed by atoms with E-state index in [1.165, 1.54) is 0 Å². The SMILES string of the molecule is O=C(CCC1=C[C@@](O)(C(=O)O)C[C@@H](O)C1=O)Nc1ccccc1. The van der Waals surface area contributed by atoms with Gasteiger partial charge in [0, 0.05) is 18.5 Å². The van der Waals surface area contributed by atoms with Crippen LogP contribution >= 0.6 is 0 Å². The Bertz CT molecular complexity index is 654. The van der Waals surface area contributed by atoms with Gasteiger partial charge in [0.2, 0.25) is 5.91 Å². The van der Waals surface area contributed by atoms with Crippen molar-refractivity contribution in [2.75, 3.05) is 5.32 Å². The molecular weight excluding hydrogens is 302 g/mol. The van der Waals surface area contributed by atoms with Crippen molar-refractivity contribution in [1.82, 2.24) is 0 Å². The number of para-hydroxylation sites is 1. The minimum absolute atomic E-state index is 0.0585. The lowest BCUT2D eigenvalue weighted by Gasteiger charge is -2.28. The molecule has 1 aliphatic rings. The molecule has 7 heteroatoms. The second kappa shape index (κ2) is 6.72. The first-order valence-electron chi connectivity index (χ1n) is 7.06. The number of hydrogen-bond donors (Lipinski definition) is 4. The lowest BCUT2D eigenvalue weighted by atomic mass is 9.82. The summed E-state index contributed by atoms with van der Waals surface area (Å²) in [7, 11) is 0. The molecule has 23 heavy (non-hydrogen) atoms. The molecule has 1 aliphatic carbocycles. The molecule has 4 N–H and O–H groups in total. The Morgan fingerprint density at radius 2 is 1.91 bits per heavy atom. The van der Waals surface area contributed by atoms with Crippen molar-refractivity contribution in [2.45, 2.75) is 31.0 Å². The Balaban J connectivity index is 2.03. The molecule has 0 saturated heterocycles. The van der Waals surface area contributed by atoms with Crippen LogP contribution in [0.3, 0.4) is 0 Å². The molecule has 0 fully saturated rings. The monoisotopic (exact) mass is 319 g/mol. The van der Waals surface area contributed by atoms with Crippen molar-refractivity contribution in [3.05, 3.63) is 42.0 Å². The molecular formula is C16H17NO6. The molecule has 1 aromatic rings. The molecule has 0 unspecified atom stereocenters. The topological polar surface area (TPSA) is 124 Å². The van der Waals surface area contributed by atoms with Gasteiger partial charge in [-0.25, -0.2) is 4.79 Å². The number of benzene rings is 1. The highest BCUT2D eigenvalue weighted by Gasteiger charge is 2.43. The van der Waals surface area contributed by atoms with Crippen LogP contribution in [-0.4, -0.2) is 44.7 Å². The number of rotatable bonds is 5. The van der Waals surface area contributed by atoms with E-state index in [-0.39, 0.29) is 24.3 Å². The van der Waals surface area contributed by atoms with E-state index in [2.05, 4.69) is 5.32 Å². The normalized spacial score (nSPS) is 24.0. The minimum atomic E-state index is -2.29. The van der Waals surface area contributed by atoms with Crippen LogP contribution in [0.2, 0.25) is 0 Å². The fraction of sp³-hybridized carbons (Fsp3) is 0.312. The van der Waals surface area contributed by atoms with Crippen molar-refractivity contribution >= 4 is 23.3 Å². The Labute approximate surface area is 132 Å². The van der Waals surface area contributed by atoms with Crippen molar-refractivity contribution < 1.29 is 29.7 Å². The van der Waals surface area contributed by atoms with Crippen molar-refractivity contribution in [2.24, 2.45) is 0 Å². The molecule has 7 nitrogen and oxygen atoms in total. The first-order valence-corrected chi connectivity index (χ1v) is 7.06. The number of nitrogens with one attached hydrogen (secondary N) is 1. The maximum absolute atomic E-state index is 11.9. The summed E-state index contributed by atoms with van der Waals surface area (Å²) in [4.78, 5) is 34.8. The lowest BCUT2D eigenvalue weighted by molar-refractivity contribution is -0.157. The number of carbonyl (C=O) groups excluding carboxylic acids is 2. The number of aliphatic carboxylic acids is 1. The minimum Gasteiger partial charge on any atom is -0.479 e. The third-order valence-electron chi connectivity index (χ3n) is 3.59.